The maximum atomic E-state index is 12.3. The van der Waals surface area contributed by atoms with E-state index in [0.717, 1.165) is 12.1 Å². The van der Waals surface area contributed by atoms with E-state index in [1.807, 2.05) is 0 Å². The van der Waals surface area contributed by atoms with Crippen LogP contribution in [0.15, 0.2) is 12.1 Å². The molecule has 0 aromatic carbocycles. The molecule has 1 aromatic heterocycles. The van der Waals surface area contributed by atoms with Crippen LogP contribution in [-0.2, 0) is 6.18 Å². The van der Waals surface area contributed by atoms with Crippen LogP contribution in [0.4, 0.5) is 24.8 Å². The van der Waals surface area contributed by atoms with Crippen molar-refractivity contribution in [1.29, 1.82) is 0 Å². The van der Waals surface area contributed by atoms with Crippen LogP contribution in [0.25, 0.3) is 0 Å². The van der Waals surface area contributed by atoms with Crippen molar-refractivity contribution in [2.24, 2.45) is 0 Å². The molecule has 14 heavy (non-hydrogen) atoms. The number of rotatable bonds is 1. The summed E-state index contributed by atoms with van der Waals surface area (Å²) in [6, 6.07) is 1.77. The third-order valence-corrected chi connectivity index (χ3v) is 1.62. The fourth-order valence-electron chi connectivity index (χ4n) is 0.930. The number of nitrogens with zero attached hydrogens (tertiary/aromatic N) is 2. The smallest absolute Gasteiger partial charge is 0.384 e. The number of anilines is 2. The summed E-state index contributed by atoms with van der Waals surface area (Å²) in [5, 5.41) is 0. The van der Waals surface area contributed by atoms with Gasteiger partial charge < -0.3 is 10.6 Å². The highest BCUT2D eigenvalue weighted by molar-refractivity contribution is 5.48. The molecule has 6 heteroatoms. The number of hydrogen-bond acceptors (Lipinski definition) is 3. The molecule has 1 aromatic rings. The standard InChI is InChI=1S/C8H10F3N3/c1-14(2)7-4-5(8(9,10)11)3-6(12)13-7/h3-4H,1-2H3,(H2,12,13). The van der Waals surface area contributed by atoms with E-state index in [-0.39, 0.29) is 11.6 Å². The molecule has 3 nitrogen and oxygen atoms in total. The summed E-state index contributed by atoms with van der Waals surface area (Å²) < 4.78 is 36.9. The van der Waals surface area contributed by atoms with E-state index in [1.54, 1.807) is 14.1 Å². The Morgan fingerprint density at radius 2 is 1.86 bits per heavy atom. The lowest BCUT2D eigenvalue weighted by Crippen LogP contribution is -2.14. The van der Waals surface area contributed by atoms with Crippen molar-refractivity contribution in [3.8, 4) is 0 Å². The lowest BCUT2D eigenvalue weighted by Gasteiger charge is -2.14. The number of pyridine rings is 1. The predicted molar refractivity (Wildman–Crippen MR) is 48.0 cm³/mol. The maximum absolute atomic E-state index is 12.3. The van der Waals surface area contributed by atoms with Crippen LogP contribution in [0.3, 0.4) is 0 Å². The van der Waals surface area contributed by atoms with Gasteiger partial charge in [-0.2, -0.15) is 13.2 Å². The molecule has 0 aliphatic carbocycles. The van der Waals surface area contributed by atoms with E-state index in [2.05, 4.69) is 4.98 Å². The number of hydrogen-bond donors (Lipinski definition) is 1. The van der Waals surface area contributed by atoms with E-state index in [1.165, 1.54) is 4.90 Å². The number of nitrogens with two attached hydrogens (primary N) is 1. The summed E-state index contributed by atoms with van der Waals surface area (Å²) >= 11 is 0. The molecule has 1 rings (SSSR count). The van der Waals surface area contributed by atoms with Gasteiger partial charge in [-0.15, -0.1) is 0 Å². The van der Waals surface area contributed by atoms with Crippen molar-refractivity contribution in [1.82, 2.24) is 4.98 Å². The zero-order valence-electron chi connectivity index (χ0n) is 7.76. The first-order valence-electron chi connectivity index (χ1n) is 3.83. The average Bonchev–Trinajstić information content (AvgIpc) is 2.01. The predicted octanol–water partition coefficient (Wildman–Crippen LogP) is 1.75. The van der Waals surface area contributed by atoms with Gasteiger partial charge in [0.1, 0.15) is 11.6 Å². The van der Waals surface area contributed by atoms with Crippen LogP contribution in [0.2, 0.25) is 0 Å². The van der Waals surface area contributed by atoms with Crippen molar-refractivity contribution in [3.05, 3.63) is 17.7 Å². The second-order valence-corrected chi connectivity index (χ2v) is 3.03. The van der Waals surface area contributed by atoms with Gasteiger partial charge >= 0.3 is 6.18 Å². The molecule has 0 fully saturated rings. The second-order valence-electron chi connectivity index (χ2n) is 3.03. The molecule has 0 amide bonds. The van der Waals surface area contributed by atoms with Gasteiger partial charge in [0.25, 0.3) is 0 Å². The second kappa shape index (κ2) is 3.36. The van der Waals surface area contributed by atoms with Crippen molar-refractivity contribution in [3.63, 3.8) is 0 Å². The Hall–Kier alpha value is -1.46. The van der Waals surface area contributed by atoms with Gasteiger partial charge in [0, 0.05) is 14.1 Å². The molecule has 0 atom stereocenters. The Bertz CT molecular complexity index is 333. The van der Waals surface area contributed by atoms with Crippen molar-refractivity contribution < 1.29 is 13.2 Å². The molecule has 0 saturated carbocycles. The molecule has 0 spiro atoms. The molecule has 0 bridgehead atoms. The zero-order chi connectivity index (χ0) is 10.9. The van der Waals surface area contributed by atoms with Crippen LogP contribution in [0.1, 0.15) is 5.56 Å². The van der Waals surface area contributed by atoms with Crippen LogP contribution in [0, 0.1) is 0 Å². The van der Waals surface area contributed by atoms with Gasteiger partial charge in [-0.05, 0) is 12.1 Å². The monoisotopic (exact) mass is 205 g/mol. The Morgan fingerprint density at radius 1 is 1.29 bits per heavy atom. The molecular weight excluding hydrogens is 195 g/mol. The number of alkyl halides is 3. The summed E-state index contributed by atoms with van der Waals surface area (Å²) in [7, 11) is 3.20. The number of aromatic nitrogens is 1. The fraction of sp³-hybridized carbons (Fsp3) is 0.375. The van der Waals surface area contributed by atoms with Crippen LogP contribution in [0.5, 0.6) is 0 Å². The van der Waals surface area contributed by atoms with Crippen LogP contribution >= 0.6 is 0 Å². The fourth-order valence-corrected chi connectivity index (χ4v) is 0.930. The lowest BCUT2D eigenvalue weighted by molar-refractivity contribution is -0.137. The van der Waals surface area contributed by atoms with Gasteiger partial charge in [-0.3, -0.25) is 0 Å². The summed E-state index contributed by atoms with van der Waals surface area (Å²) in [6.45, 7) is 0. The van der Waals surface area contributed by atoms with Gasteiger partial charge in [-0.1, -0.05) is 0 Å². The maximum Gasteiger partial charge on any atom is 0.416 e. The molecule has 0 saturated heterocycles. The molecule has 2 N–H and O–H groups in total. The third-order valence-electron chi connectivity index (χ3n) is 1.62. The van der Waals surface area contributed by atoms with E-state index in [4.69, 9.17) is 5.73 Å². The summed E-state index contributed by atoms with van der Waals surface area (Å²) in [5.74, 6) is 0.0563. The molecule has 0 radical (unpaired) electrons. The van der Waals surface area contributed by atoms with Gasteiger partial charge in [0.05, 0.1) is 5.56 Å². The number of nitrogen functional groups attached to an aromatic ring is 1. The molecule has 0 aliphatic heterocycles. The molecule has 78 valence electrons. The average molecular weight is 205 g/mol. The van der Waals surface area contributed by atoms with Crippen molar-refractivity contribution in [2.75, 3.05) is 24.7 Å². The van der Waals surface area contributed by atoms with Gasteiger partial charge in [0.15, 0.2) is 0 Å². The van der Waals surface area contributed by atoms with Gasteiger partial charge in [-0.25, -0.2) is 4.98 Å². The Morgan fingerprint density at radius 3 is 2.29 bits per heavy atom. The molecule has 1 heterocycles. The first-order valence-corrected chi connectivity index (χ1v) is 3.83. The Balaban J connectivity index is 3.21. The minimum atomic E-state index is -4.39. The third kappa shape index (κ3) is 2.27. The normalized spacial score (nSPS) is 11.5. The van der Waals surface area contributed by atoms with Crippen LogP contribution in [-0.4, -0.2) is 19.1 Å². The summed E-state index contributed by atoms with van der Waals surface area (Å²) in [4.78, 5) is 5.21. The minimum Gasteiger partial charge on any atom is -0.384 e. The highest BCUT2D eigenvalue weighted by Crippen LogP contribution is 2.31. The SMILES string of the molecule is CN(C)c1cc(C(F)(F)F)cc(N)n1. The lowest BCUT2D eigenvalue weighted by atomic mass is 10.2. The van der Waals surface area contributed by atoms with Crippen molar-refractivity contribution in [2.45, 2.75) is 6.18 Å². The zero-order valence-corrected chi connectivity index (χ0v) is 7.76. The van der Waals surface area contributed by atoms with Crippen LogP contribution < -0.4 is 10.6 Å². The van der Waals surface area contributed by atoms with Crippen molar-refractivity contribution >= 4 is 11.6 Å². The van der Waals surface area contributed by atoms with Gasteiger partial charge in [0.2, 0.25) is 0 Å². The molecule has 0 aliphatic rings. The minimum absolute atomic E-state index is 0.136. The Kier molecular flexibility index (Phi) is 2.55. The van der Waals surface area contributed by atoms with E-state index >= 15 is 0 Å². The first-order chi connectivity index (χ1) is 6.30. The topological polar surface area (TPSA) is 42.1 Å². The molecule has 0 unspecified atom stereocenters. The largest absolute Gasteiger partial charge is 0.416 e. The summed E-state index contributed by atoms with van der Waals surface area (Å²) in [6.07, 6.45) is -4.39. The van der Waals surface area contributed by atoms with E-state index in [0.29, 0.717) is 0 Å². The highest BCUT2D eigenvalue weighted by Gasteiger charge is 2.31. The number of halogens is 3. The van der Waals surface area contributed by atoms with E-state index < -0.39 is 11.7 Å². The van der Waals surface area contributed by atoms with E-state index in [9.17, 15) is 13.2 Å². The highest BCUT2D eigenvalue weighted by atomic mass is 19.4. The quantitative estimate of drug-likeness (QED) is 0.759. The first kappa shape index (κ1) is 10.6. The summed E-state index contributed by atoms with van der Waals surface area (Å²) in [5.41, 5.74) is 4.47. The molecular formula is C8H10F3N3. The Labute approximate surface area is 79.3 Å².